The Morgan fingerprint density at radius 3 is 1.24 bits per heavy atom. The van der Waals surface area contributed by atoms with Crippen LogP contribution in [-0.4, -0.2) is 43.6 Å². The van der Waals surface area contributed by atoms with Gasteiger partial charge in [-0.3, -0.25) is 0 Å². The number of fused-ring (bicyclic) bond motifs is 6. The topological polar surface area (TPSA) is 268 Å². The van der Waals surface area contributed by atoms with E-state index in [-0.39, 0.29) is 91.7 Å². The molecule has 4 atom stereocenters. The van der Waals surface area contributed by atoms with Gasteiger partial charge >= 0.3 is 82.9 Å². The number of hydrogen-bond acceptors (Lipinski definition) is 6. The monoisotopic (exact) mass is 1510 g/mol. The number of rotatable bonds is 14. The number of ether oxygens (including phenoxy) is 2. The molecule has 0 saturated heterocycles. The Hall–Kier alpha value is -1.26. The first-order valence-corrected chi connectivity index (χ1v) is 35.2. The zero-order valence-electron chi connectivity index (χ0n) is 40.8. The van der Waals surface area contributed by atoms with Gasteiger partial charge in [-0.15, -0.1) is 0 Å². The number of benzene rings is 2. The molecule has 0 unspecified atom stereocenters. The third-order valence-electron chi connectivity index (χ3n) is 14.0. The zero-order chi connectivity index (χ0) is 45.5. The van der Waals surface area contributed by atoms with E-state index in [1.807, 2.05) is 24.3 Å². The maximum atomic E-state index is 11.6. The van der Waals surface area contributed by atoms with Crippen LogP contribution in [0.3, 0.4) is 0 Å². The van der Waals surface area contributed by atoms with Crippen molar-refractivity contribution in [2.45, 2.75) is 193 Å². The molecule has 0 aromatic heterocycles. The fourth-order valence-electron chi connectivity index (χ4n) is 10.2. The minimum absolute atomic E-state index is 0. The molecule has 0 radical (unpaired) electrons. The second-order valence-corrected chi connectivity index (χ2v) is 36.6. The smallest absolute Gasteiger partial charge is 0.693 e. The molecular formula is C50H80I2N4O8Pt2. The molecule has 0 bridgehead atoms. The molecular weight excluding hydrogens is 1430 g/mol. The summed E-state index contributed by atoms with van der Waals surface area (Å²) in [5.41, 5.74) is 3.70. The number of halogens is 2. The first-order valence-electron chi connectivity index (χ1n) is 22.3. The summed E-state index contributed by atoms with van der Waals surface area (Å²) in [5, 5.41) is 41.0. The number of phenols is 2. The third kappa shape index (κ3) is 16.4. The van der Waals surface area contributed by atoms with E-state index in [9.17, 15) is 30.0 Å². The van der Waals surface area contributed by atoms with Gasteiger partial charge in [0, 0.05) is 45.9 Å². The molecule has 0 fully saturated rings. The van der Waals surface area contributed by atoms with Gasteiger partial charge in [0.05, 0.1) is 0 Å². The van der Waals surface area contributed by atoms with Crippen LogP contribution in [0, 0.1) is 11.8 Å². The predicted octanol–water partition coefficient (Wildman–Crippen LogP) is 17.3. The number of allylic oxidation sites excluding steroid dienone is 2. The molecule has 0 saturated carbocycles. The van der Waals surface area contributed by atoms with E-state index in [1.165, 1.54) is 51.4 Å². The molecule has 12 nitrogen and oxygen atoms in total. The quantitative estimate of drug-likeness (QED) is 0.104. The molecule has 0 amide bonds. The first-order chi connectivity index (χ1) is 28.5. The number of aromatic hydroxyl groups is 2. The van der Waals surface area contributed by atoms with Crippen LogP contribution in [-0.2, 0) is 52.7 Å². The van der Waals surface area contributed by atoms with Crippen LogP contribution in [0.5, 0.6) is 23.0 Å². The minimum atomic E-state index is -0.862. The maximum Gasteiger partial charge on any atom is 2.00 e. The van der Waals surface area contributed by atoms with E-state index in [2.05, 4.69) is 120 Å². The van der Waals surface area contributed by atoms with Crippen molar-refractivity contribution < 1.29 is 71.8 Å². The minimum Gasteiger partial charge on any atom is -0.693 e. The van der Waals surface area contributed by atoms with Gasteiger partial charge in [-0.05, 0) is 112 Å². The summed E-state index contributed by atoms with van der Waals surface area (Å²) in [6.07, 6.45) is 17.7. The van der Waals surface area contributed by atoms with Crippen LogP contribution in [0.2, 0.25) is 0 Å². The fourth-order valence-corrected chi connectivity index (χ4v) is 10.2. The van der Waals surface area contributed by atoms with Crippen LogP contribution < -0.4 is 9.47 Å². The Kier molecular flexibility index (Phi) is 28.9. The number of carboxylic acids is 2. The molecule has 4 aliphatic rings. The summed E-state index contributed by atoms with van der Waals surface area (Å²) in [4.78, 5) is 23.1. The van der Waals surface area contributed by atoms with E-state index < -0.39 is 23.1 Å². The normalized spacial score (nSPS) is 20.4. The summed E-state index contributed by atoms with van der Waals surface area (Å²) in [6, 6.07) is 7.95. The summed E-state index contributed by atoms with van der Waals surface area (Å²) in [6.45, 7) is 21.6. The van der Waals surface area contributed by atoms with Gasteiger partial charge in [0.15, 0.2) is 0 Å². The standard InChI is InChI=1S/2C25H36O4.2HI.4H2N.2Pt/c2*1-6-7-8-9-12-24(2,3)17-14-20(26)22-18-13-16(23(27)28)10-11-19(18)25(4,5)29-21(22)15-17;;;;;;;;/h2*10,14-15,18-19,26H,6-9,11-13H2,1-5H3,(H,27,28);2*1H;4*1H2;;/q;;;;4*-1;+2;+4/p-2/t2*18-,19-;;;;;;;;/m11......../s1. The van der Waals surface area contributed by atoms with Gasteiger partial charge in [-0.25, -0.2) is 9.59 Å². The predicted molar refractivity (Wildman–Crippen MR) is 281 cm³/mol. The summed E-state index contributed by atoms with van der Waals surface area (Å²) < 4.78 is 12.8. The maximum absolute atomic E-state index is 11.6. The molecule has 2 heterocycles. The molecule has 2 aromatic carbocycles. The number of aliphatic carboxylic acids is 2. The van der Waals surface area contributed by atoms with Crippen molar-refractivity contribution in [2.75, 3.05) is 0 Å². The Morgan fingerprint density at radius 1 is 0.636 bits per heavy atom. The zero-order valence-corrected chi connectivity index (χ0v) is 49.7. The van der Waals surface area contributed by atoms with Gasteiger partial charge < -0.3 is 54.5 Å². The molecule has 2 aliphatic carbocycles. The fraction of sp³-hybridized carbons (Fsp3) is 0.640. The van der Waals surface area contributed by atoms with E-state index in [1.54, 1.807) is 0 Å². The van der Waals surface area contributed by atoms with E-state index in [0.717, 1.165) is 46.6 Å². The van der Waals surface area contributed by atoms with Gasteiger partial charge in [-0.1, -0.05) is 105 Å². The molecule has 382 valence electrons. The summed E-state index contributed by atoms with van der Waals surface area (Å²) >= 11 is 5.30. The van der Waals surface area contributed by atoms with Gasteiger partial charge in [-0.2, -0.15) is 0 Å². The Balaban J connectivity index is 0. The van der Waals surface area contributed by atoms with Crippen LogP contribution in [0.15, 0.2) is 47.6 Å². The molecule has 2 aromatic rings. The average molecular weight is 1510 g/mol. The second kappa shape index (κ2) is 28.6. The second-order valence-electron chi connectivity index (χ2n) is 20.0. The van der Waals surface area contributed by atoms with Crippen molar-refractivity contribution in [1.29, 1.82) is 0 Å². The van der Waals surface area contributed by atoms with Crippen LogP contribution >= 0.6 is 38.7 Å². The third-order valence-corrected chi connectivity index (χ3v) is 14.0. The molecule has 0 spiro atoms. The number of unbranched alkanes of at least 4 members (excludes halogenated alkanes) is 6. The molecule has 66 heavy (non-hydrogen) atoms. The van der Waals surface area contributed by atoms with Crippen molar-refractivity contribution in [2.24, 2.45) is 11.8 Å². The largest absolute Gasteiger partial charge is 2.00 e. The van der Waals surface area contributed by atoms with Crippen molar-refractivity contribution in [1.82, 2.24) is 0 Å². The Labute approximate surface area is 440 Å². The summed E-state index contributed by atoms with van der Waals surface area (Å²) in [7, 11) is 0. The molecule has 16 heteroatoms. The van der Waals surface area contributed by atoms with E-state index >= 15 is 0 Å². The van der Waals surface area contributed by atoms with Crippen molar-refractivity contribution in [3.63, 3.8) is 0 Å². The number of hydrogen-bond donors (Lipinski definition) is 4. The van der Waals surface area contributed by atoms with Gasteiger partial charge in [0.25, 0.3) is 0 Å². The molecule has 6 rings (SSSR count). The van der Waals surface area contributed by atoms with Crippen molar-refractivity contribution >= 4 is 50.6 Å². The van der Waals surface area contributed by atoms with E-state index in [4.69, 9.17) is 9.47 Å². The first kappa shape index (κ1) is 66.8. The van der Waals surface area contributed by atoms with Crippen LogP contribution in [0.1, 0.15) is 193 Å². The van der Waals surface area contributed by atoms with Crippen molar-refractivity contribution in [3.8, 4) is 23.0 Å². The average Bonchev–Trinajstić information content (AvgIpc) is 3.17. The SMILES string of the molecule is CCCCCCC(C)(C)c1cc(O)c2c(c1)OC(C)(C)[C@@H]1CC=C(C(=O)O)C[C@@H]21.CCCCCCC(C)(C)c1cc(O)c2c(c1)OC(C)(C)[C@@H]1CC=C(C(=O)O)C[C@@H]21.[I][Pt+2][I].[NH2-].[NH2-].[NH2-].[NH2-].[Pt+2]. The molecule has 12 N–H and O–H groups in total. The summed E-state index contributed by atoms with van der Waals surface area (Å²) in [5.74, 6) is 0.441. The number of phenolic OH excluding ortho intramolecular Hbond substituents is 2. The Bertz CT molecular complexity index is 1810. The van der Waals surface area contributed by atoms with Gasteiger partial charge in [0.1, 0.15) is 34.2 Å². The van der Waals surface area contributed by atoms with Crippen molar-refractivity contribution in [3.05, 3.63) is 94.4 Å². The number of carboxylic acid groups (broad SMARTS) is 2. The number of nitrogens with two attached hydrogens (primary N) is 4. The Morgan fingerprint density at radius 2 is 0.955 bits per heavy atom. The van der Waals surface area contributed by atoms with Gasteiger partial charge in [0.2, 0.25) is 0 Å². The van der Waals surface area contributed by atoms with E-state index in [0.29, 0.717) is 48.0 Å². The van der Waals surface area contributed by atoms with Crippen LogP contribution in [0.25, 0.3) is 24.6 Å². The molecule has 2 aliphatic heterocycles. The number of carbonyl (C=O) groups is 2. The van der Waals surface area contributed by atoms with Crippen LogP contribution in [0.4, 0.5) is 0 Å².